The first kappa shape index (κ1) is 18.0. The summed E-state index contributed by atoms with van der Waals surface area (Å²) in [4.78, 5) is 2.10. The lowest BCUT2D eigenvalue weighted by atomic mass is 10.0. The number of nitrogens with one attached hydrogen (secondary N) is 1. The van der Waals surface area contributed by atoms with Gasteiger partial charge in [0.25, 0.3) is 0 Å². The molecule has 132 valence electrons. The van der Waals surface area contributed by atoms with Gasteiger partial charge in [0.1, 0.15) is 10.0 Å². The number of thiophene rings is 1. The second-order valence-corrected chi connectivity index (χ2v) is 8.91. The number of sulfonamides is 1. The van der Waals surface area contributed by atoms with Gasteiger partial charge in [-0.3, -0.25) is 4.90 Å². The van der Waals surface area contributed by atoms with E-state index >= 15 is 0 Å². The fraction of sp³-hybridized carbons (Fsp3) is 0.353. The summed E-state index contributed by atoms with van der Waals surface area (Å²) in [6.45, 7) is 1.84. The van der Waals surface area contributed by atoms with Crippen LogP contribution >= 0.6 is 11.3 Å². The first-order valence-corrected chi connectivity index (χ1v) is 10.3. The summed E-state index contributed by atoms with van der Waals surface area (Å²) in [5, 5.41) is 10.5. The fourth-order valence-electron chi connectivity index (χ4n) is 2.89. The van der Waals surface area contributed by atoms with Gasteiger partial charge in [0.2, 0.25) is 10.0 Å². The lowest BCUT2D eigenvalue weighted by Gasteiger charge is -2.32. The Morgan fingerprint density at radius 2 is 2.08 bits per heavy atom. The van der Waals surface area contributed by atoms with E-state index in [0.29, 0.717) is 47.8 Å². The number of halogens is 1. The molecule has 1 fully saturated rings. The van der Waals surface area contributed by atoms with Crippen molar-refractivity contribution in [2.45, 2.75) is 29.6 Å². The molecule has 2 aromatic rings. The Bertz CT molecular complexity index is 868. The minimum atomic E-state index is -3.45. The molecule has 0 bridgehead atoms. The lowest BCUT2D eigenvalue weighted by molar-refractivity contribution is 0.198. The van der Waals surface area contributed by atoms with Gasteiger partial charge in [-0.1, -0.05) is 12.1 Å². The summed E-state index contributed by atoms with van der Waals surface area (Å²) in [6, 6.07) is 9.62. The zero-order valence-electron chi connectivity index (χ0n) is 13.5. The second-order valence-electron chi connectivity index (χ2n) is 6.02. The van der Waals surface area contributed by atoms with Gasteiger partial charge in [-0.25, -0.2) is 17.5 Å². The summed E-state index contributed by atoms with van der Waals surface area (Å²) in [5.74, 6) is -0.375. The molecule has 0 atom stereocenters. The summed E-state index contributed by atoms with van der Waals surface area (Å²) in [7, 11) is -3.45. The molecular weight excluding hydrogens is 361 g/mol. The quantitative estimate of drug-likeness (QED) is 0.867. The first-order chi connectivity index (χ1) is 12.0. The first-order valence-electron chi connectivity index (χ1n) is 7.94. The van der Waals surface area contributed by atoms with Crippen molar-refractivity contribution in [3.05, 3.63) is 52.7 Å². The van der Waals surface area contributed by atoms with E-state index in [4.69, 9.17) is 5.26 Å². The second kappa shape index (κ2) is 7.62. The van der Waals surface area contributed by atoms with Crippen molar-refractivity contribution in [2.75, 3.05) is 13.1 Å². The van der Waals surface area contributed by atoms with Gasteiger partial charge < -0.3 is 0 Å². The normalized spacial score (nSPS) is 16.6. The molecule has 0 aliphatic carbocycles. The highest BCUT2D eigenvalue weighted by Gasteiger charge is 2.25. The smallest absolute Gasteiger partial charge is 0.250 e. The minimum absolute atomic E-state index is 0.103. The van der Waals surface area contributed by atoms with E-state index in [1.165, 1.54) is 17.4 Å². The fourth-order valence-corrected chi connectivity index (χ4v) is 5.20. The number of benzene rings is 1. The molecule has 1 aliphatic heterocycles. The summed E-state index contributed by atoms with van der Waals surface area (Å²) in [5.41, 5.74) is 0.861. The molecule has 0 radical (unpaired) electrons. The average molecular weight is 379 g/mol. The van der Waals surface area contributed by atoms with Crippen LogP contribution < -0.4 is 4.72 Å². The average Bonchev–Trinajstić information content (AvgIpc) is 3.14. The molecule has 0 spiro atoms. The molecule has 1 aliphatic rings. The number of likely N-dealkylation sites (tertiary alicyclic amines) is 1. The van der Waals surface area contributed by atoms with Crippen molar-refractivity contribution in [1.82, 2.24) is 9.62 Å². The van der Waals surface area contributed by atoms with Crippen molar-refractivity contribution in [3.8, 4) is 6.07 Å². The lowest BCUT2D eigenvalue weighted by Crippen LogP contribution is -2.44. The number of nitrogens with zero attached hydrogens (tertiary/aromatic N) is 2. The van der Waals surface area contributed by atoms with E-state index in [1.54, 1.807) is 29.6 Å². The SMILES string of the molecule is N#Cc1ccc(CN2CCC(NS(=O)(=O)c3cccs3)CC2)c(F)c1. The highest BCUT2D eigenvalue weighted by atomic mass is 32.2. The zero-order chi connectivity index (χ0) is 17.9. The molecule has 1 aromatic heterocycles. The van der Waals surface area contributed by atoms with E-state index < -0.39 is 10.0 Å². The number of nitriles is 1. The number of hydrogen-bond acceptors (Lipinski definition) is 5. The summed E-state index contributed by atoms with van der Waals surface area (Å²) < 4.78 is 41.6. The molecule has 0 unspecified atom stereocenters. The van der Waals surface area contributed by atoms with Crippen LogP contribution in [0.5, 0.6) is 0 Å². The molecule has 25 heavy (non-hydrogen) atoms. The van der Waals surface area contributed by atoms with Crippen LogP contribution in [0.4, 0.5) is 4.39 Å². The Balaban J connectivity index is 1.55. The van der Waals surface area contributed by atoms with Crippen molar-refractivity contribution in [1.29, 1.82) is 5.26 Å². The standard InChI is InChI=1S/C17H18FN3O2S2/c18-16-10-13(11-19)3-4-14(16)12-21-7-5-15(6-8-21)20-25(22,23)17-2-1-9-24-17/h1-4,9-10,15,20H,5-8,12H2. The molecule has 1 N–H and O–H groups in total. The third-order valence-corrected chi connectivity index (χ3v) is 7.16. The van der Waals surface area contributed by atoms with Crippen LogP contribution in [0, 0.1) is 17.1 Å². The number of rotatable bonds is 5. The maximum Gasteiger partial charge on any atom is 0.250 e. The van der Waals surface area contributed by atoms with Crippen LogP contribution in [0.25, 0.3) is 0 Å². The third-order valence-electron chi connectivity index (χ3n) is 4.25. The Kier molecular flexibility index (Phi) is 5.49. The van der Waals surface area contributed by atoms with Crippen LogP contribution in [0.3, 0.4) is 0 Å². The van der Waals surface area contributed by atoms with Gasteiger partial charge in [-0.2, -0.15) is 5.26 Å². The maximum atomic E-state index is 14.0. The van der Waals surface area contributed by atoms with Crippen LogP contribution in [-0.2, 0) is 16.6 Å². The molecule has 3 rings (SSSR count). The van der Waals surface area contributed by atoms with Gasteiger partial charge in [-0.15, -0.1) is 11.3 Å². The predicted octanol–water partition coefficient (Wildman–Crippen LogP) is 2.70. The Labute approximate surface area is 150 Å². The summed E-state index contributed by atoms with van der Waals surface area (Å²) in [6.07, 6.45) is 1.37. The Morgan fingerprint density at radius 1 is 1.32 bits per heavy atom. The maximum absolute atomic E-state index is 14.0. The van der Waals surface area contributed by atoms with Crippen molar-refractivity contribution < 1.29 is 12.8 Å². The van der Waals surface area contributed by atoms with Gasteiger partial charge >= 0.3 is 0 Å². The van der Waals surface area contributed by atoms with Crippen LogP contribution in [0.1, 0.15) is 24.0 Å². The Morgan fingerprint density at radius 3 is 2.68 bits per heavy atom. The topological polar surface area (TPSA) is 73.2 Å². The molecular formula is C17H18FN3O2S2. The molecule has 1 saturated heterocycles. The molecule has 0 amide bonds. The van der Waals surface area contributed by atoms with Gasteiger partial charge in [0.05, 0.1) is 11.6 Å². The Hall–Kier alpha value is -1.79. The zero-order valence-corrected chi connectivity index (χ0v) is 15.1. The monoisotopic (exact) mass is 379 g/mol. The van der Waals surface area contributed by atoms with Crippen molar-refractivity contribution in [2.24, 2.45) is 0 Å². The van der Waals surface area contributed by atoms with E-state index in [1.807, 2.05) is 6.07 Å². The van der Waals surface area contributed by atoms with Crippen molar-refractivity contribution in [3.63, 3.8) is 0 Å². The highest BCUT2D eigenvalue weighted by molar-refractivity contribution is 7.91. The molecule has 8 heteroatoms. The van der Waals surface area contributed by atoms with E-state index in [0.717, 1.165) is 0 Å². The van der Waals surface area contributed by atoms with Gasteiger partial charge in [0, 0.05) is 31.2 Å². The van der Waals surface area contributed by atoms with Gasteiger partial charge in [0.15, 0.2) is 0 Å². The number of piperidine rings is 1. The molecule has 1 aromatic carbocycles. The highest BCUT2D eigenvalue weighted by Crippen LogP contribution is 2.20. The third kappa shape index (κ3) is 4.44. The summed E-state index contributed by atoms with van der Waals surface area (Å²) >= 11 is 1.20. The van der Waals surface area contributed by atoms with Crippen LogP contribution in [0.15, 0.2) is 39.9 Å². The van der Waals surface area contributed by atoms with Crippen molar-refractivity contribution >= 4 is 21.4 Å². The van der Waals surface area contributed by atoms with Crippen LogP contribution in [0.2, 0.25) is 0 Å². The molecule has 5 nitrogen and oxygen atoms in total. The molecule has 2 heterocycles. The molecule has 0 saturated carbocycles. The minimum Gasteiger partial charge on any atom is -0.299 e. The number of hydrogen-bond donors (Lipinski definition) is 1. The van der Waals surface area contributed by atoms with E-state index in [2.05, 4.69) is 9.62 Å². The largest absolute Gasteiger partial charge is 0.299 e. The van der Waals surface area contributed by atoms with E-state index in [-0.39, 0.29) is 11.9 Å². The predicted molar refractivity (Wildman–Crippen MR) is 94.1 cm³/mol. The van der Waals surface area contributed by atoms with Gasteiger partial charge in [-0.05, 0) is 36.4 Å². The van der Waals surface area contributed by atoms with Crippen LogP contribution in [-0.4, -0.2) is 32.4 Å². The van der Waals surface area contributed by atoms with E-state index in [9.17, 15) is 12.8 Å².